The van der Waals surface area contributed by atoms with Crippen LogP contribution >= 0.6 is 43.5 Å². The highest BCUT2D eigenvalue weighted by Gasteiger charge is 2.16. The van der Waals surface area contributed by atoms with Crippen molar-refractivity contribution in [3.8, 4) is 11.6 Å². The van der Waals surface area contributed by atoms with Crippen LogP contribution in [0.25, 0.3) is 11.6 Å². The number of rotatable bonds is 3. The van der Waals surface area contributed by atoms with E-state index in [1.807, 2.05) is 0 Å². The van der Waals surface area contributed by atoms with Crippen LogP contribution in [0.3, 0.4) is 0 Å². The van der Waals surface area contributed by atoms with E-state index in [4.69, 9.17) is 20.8 Å². The van der Waals surface area contributed by atoms with Gasteiger partial charge in [-0.1, -0.05) is 11.6 Å². The van der Waals surface area contributed by atoms with Gasteiger partial charge in [0.2, 0.25) is 0 Å². The topological polar surface area (TPSA) is 48.2 Å². The molecule has 90 valence electrons. The average Bonchev–Trinajstić information content (AvgIpc) is 2.71. The van der Waals surface area contributed by atoms with Crippen molar-refractivity contribution in [2.45, 2.75) is 6.61 Å². The van der Waals surface area contributed by atoms with E-state index in [0.29, 0.717) is 33.5 Å². The standard InChI is InChI=1S/C10H7Br2ClN2O2/c1-16-4-6-7(12)9(13)15-10(14-6)8-5(11)2-3-17-8/h2-3H,4H2,1H3. The fourth-order valence-electron chi connectivity index (χ4n) is 1.25. The summed E-state index contributed by atoms with van der Waals surface area (Å²) >= 11 is 12.7. The number of halogens is 3. The molecule has 0 saturated heterocycles. The van der Waals surface area contributed by atoms with Crippen molar-refractivity contribution < 1.29 is 9.15 Å². The van der Waals surface area contributed by atoms with Crippen molar-refractivity contribution >= 4 is 43.5 Å². The molecule has 2 aromatic rings. The molecule has 2 aromatic heterocycles. The Morgan fingerprint density at radius 3 is 2.76 bits per heavy atom. The molecule has 0 spiro atoms. The molecule has 2 rings (SSSR count). The second-order valence-corrected chi connectivity index (χ2v) is 5.13. The summed E-state index contributed by atoms with van der Waals surface area (Å²) in [5, 5.41) is 0.324. The first-order chi connectivity index (χ1) is 8.13. The highest BCUT2D eigenvalue weighted by Crippen LogP contribution is 2.31. The molecule has 0 N–H and O–H groups in total. The van der Waals surface area contributed by atoms with Crippen LogP contribution in [-0.4, -0.2) is 17.1 Å². The SMILES string of the molecule is COCc1nc(-c2occc2Br)nc(Cl)c1Br. The van der Waals surface area contributed by atoms with Crippen molar-refractivity contribution in [2.24, 2.45) is 0 Å². The molecule has 0 aliphatic heterocycles. The van der Waals surface area contributed by atoms with Gasteiger partial charge in [0, 0.05) is 7.11 Å². The van der Waals surface area contributed by atoms with Gasteiger partial charge in [0.15, 0.2) is 11.6 Å². The third-order valence-electron chi connectivity index (χ3n) is 1.98. The van der Waals surface area contributed by atoms with E-state index < -0.39 is 0 Å². The van der Waals surface area contributed by atoms with Gasteiger partial charge in [-0.05, 0) is 37.9 Å². The van der Waals surface area contributed by atoms with Crippen LogP contribution in [0, 0.1) is 0 Å². The minimum Gasteiger partial charge on any atom is -0.460 e. The Hall–Kier alpha value is -0.430. The Kier molecular flexibility index (Phi) is 4.19. The Morgan fingerprint density at radius 2 is 2.18 bits per heavy atom. The Balaban J connectivity index is 2.53. The number of methoxy groups -OCH3 is 1. The third kappa shape index (κ3) is 2.70. The smallest absolute Gasteiger partial charge is 0.198 e. The minimum absolute atomic E-state index is 0.324. The van der Waals surface area contributed by atoms with Gasteiger partial charge >= 0.3 is 0 Å². The molecule has 7 heteroatoms. The van der Waals surface area contributed by atoms with E-state index in [0.717, 1.165) is 4.47 Å². The number of hydrogen-bond acceptors (Lipinski definition) is 4. The lowest BCUT2D eigenvalue weighted by Crippen LogP contribution is -1.99. The van der Waals surface area contributed by atoms with Gasteiger partial charge in [0.05, 0.1) is 27.5 Å². The lowest BCUT2D eigenvalue weighted by atomic mass is 10.3. The van der Waals surface area contributed by atoms with E-state index in [1.165, 1.54) is 0 Å². The van der Waals surface area contributed by atoms with E-state index >= 15 is 0 Å². The predicted octanol–water partition coefficient (Wildman–Crippen LogP) is 4.06. The summed E-state index contributed by atoms with van der Waals surface area (Å²) in [5.41, 5.74) is 0.672. The third-order valence-corrected chi connectivity index (χ3v) is 3.94. The molecule has 17 heavy (non-hydrogen) atoms. The van der Waals surface area contributed by atoms with Crippen molar-refractivity contribution in [3.05, 3.63) is 32.1 Å². The number of ether oxygens (including phenoxy) is 1. The molecule has 0 fully saturated rings. The molecule has 0 aliphatic carbocycles. The summed E-state index contributed by atoms with van der Waals surface area (Å²) in [4.78, 5) is 8.48. The zero-order valence-electron chi connectivity index (χ0n) is 8.71. The highest BCUT2D eigenvalue weighted by molar-refractivity contribution is 9.11. The highest BCUT2D eigenvalue weighted by atomic mass is 79.9. The van der Waals surface area contributed by atoms with Crippen molar-refractivity contribution in [1.29, 1.82) is 0 Å². The second-order valence-electron chi connectivity index (χ2n) is 3.13. The zero-order chi connectivity index (χ0) is 12.4. The lowest BCUT2D eigenvalue weighted by Gasteiger charge is -2.06. The summed E-state index contributed by atoms with van der Waals surface area (Å²) in [6.45, 7) is 0.341. The first-order valence-corrected chi connectivity index (χ1v) is 6.54. The molecule has 0 radical (unpaired) electrons. The number of aromatic nitrogens is 2. The van der Waals surface area contributed by atoms with Gasteiger partial charge in [-0.3, -0.25) is 0 Å². The maximum atomic E-state index is 6.01. The molecular weight excluding hydrogens is 375 g/mol. The van der Waals surface area contributed by atoms with Crippen LogP contribution in [0.2, 0.25) is 5.15 Å². The lowest BCUT2D eigenvalue weighted by molar-refractivity contribution is 0.181. The predicted molar refractivity (Wildman–Crippen MR) is 70.9 cm³/mol. The van der Waals surface area contributed by atoms with Gasteiger partial charge in [0.1, 0.15) is 5.15 Å². The maximum absolute atomic E-state index is 6.01. The van der Waals surface area contributed by atoms with E-state index in [-0.39, 0.29) is 0 Å². The van der Waals surface area contributed by atoms with Gasteiger partial charge in [0.25, 0.3) is 0 Å². The normalized spacial score (nSPS) is 10.8. The fraction of sp³-hybridized carbons (Fsp3) is 0.200. The summed E-state index contributed by atoms with van der Waals surface area (Å²) < 4.78 is 11.7. The molecule has 0 amide bonds. The molecule has 0 atom stereocenters. The van der Waals surface area contributed by atoms with Crippen LogP contribution in [0.4, 0.5) is 0 Å². The molecule has 4 nitrogen and oxygen atoms in total. The first kappa shape index (κ1) is 13.0. The Labute approximate surface area is 120 Å². The summed E-state index contributed by atoms with van der Waals surface area (Å²) in [7, 11) is 1.59. The van der Waals surface area contributed by atoms with Crippen molar-refractivity contribution in [2.75, 3.05) is 7.11 Å². The van der Waals surface area contributed by atoms with Gasteiger partial charge < -0.3 is 9.15 Å². The summed E-state index contributed by atoms with van der Waals surface area (Å²) in [5.74, 6) is 0.957. The maximum Gasteiger partial charge on any atom is 0.198 e. The van der Waals surface area contributed by atoms with E-state index in [9.17, 15) is 0 Å². The second kappa shape index (κ2) is 5.48. The van der Waals surface area contributed by atoms with Crippen molar-refractivity contribution in [3.63, 3.8) is 0 Å². The largest absolute Gasteiger partial charge is 0.460 e. The summed E-state index contributed by atoms with van der Waals surface area (Å²) in [6, 6.07) is 1.77. The zero-order valence-corrected chi connectivity index (χ0v) is 12.6. The van der Waals surface area contributed by atoms with Crippen LogP contribution in [0.1, 0.15) is 5.69 Å². The van der Waals surface area contributed by atoms with Crippen molar-refractivity contribution in [1.82, 2.24) is 9.97 Å². The number of furan rings is 1. The van der Waals surface area contributed by atoms with Gasteiger partial charge in [-0.2, -0.15) is 0 Å². The number of nitrogens with zero attached hydrogens (tertiary/aromatic N) is 2. The molecule has 2 heterocycles. The molecule has 0 aromatic carbocycles. The minimum atomic E-state index is 0.324. The van der Waals surface area contributed by atoms with Crippen LogP contribution < -0.4 is 0 Å². The van der Waals surface area contributed by atoms with Crippen LogP contribution in [-0.2, 0) is 11.3 Å². The Bertz CT molecular complexity index is 545. The molecule has 0 unspecified atom stereocenters. The van der Waals surface area contributed by atoms with Gasteiger partial charge in [-0.15, -0.1) is 0 Å². The molecule has 0 saturated carbocycles. The molecule has 0 bridgehead atoms. The van der Waals surface area contributed by atoms with Crippen LogP contribution in [0.5, 0.6) is 0 Å². The van der Waals surface area contributed by atoms with Gasteiger partial charge in [-0.25, -0.2) is 9.97 Å². The monoisotopic (exact) mass is 380 g/mol. The van der Waals surface area contributed by atoms with E-state index in [2.05, 4.69) is 41.8 Å². The average molecular weight is 382 g/mol. The summed E-state index contributed by atoms with van der Waals surface area (Å²) in [6.07, 6.45) is 1.55. The fourth-order valence-corrected chi connectivity index (χ4v) is 2.11. The number of hydrogen-bond donors (Lipinski definition) is 0. The molecular formula is C10H7Br2ClN2O2. The van der Waals surface area contributed by atoms with E-state index in [1.54, 1.807) is 19.4 Å². The Morgan fingerprint density at radius 1 is 1.41 bits per heavy atom. The first-order valence-electron chi connectivity index (χ1n) is 4.57. The molecule has 0 aliphatic rings. The van der Waals surface area contributed by atoms with Crippen LogP contribution in [0.15, 0.2) is 25.7 Å². The quantitative estimate of drug-likeness (QED) is 0.751.